The number of hydrogen-bond acceptors (Lipinski definition) is 3. The van der Waals surface area contributed by atoms with Crippen molar-refractivity contribution in [1.29, 1.82) is 0 Å². The second-order valence-electron chi connectivity index (χ2n) is 4.37. The number of aryl methyl sites for hydroxylation is 2. The Morgan fingerprint density at radius 1 is 1.29 bits per heavy atom. The van der Waals surface area contributed by atoms with Gasteiger partial charge in [0.15, 0.2) is 0 Å². The Bertz CT molecular complexity index is 431. The fourth-order valence-corrected chi connectivity index (χ4v) is 1.87. The predicted molar refractivity (Wildman–Crippen MR) is 65.6 cm³/mol. The van der Waals surface area contributed by atoms with Crippen molar-refractivity contribution in [1.82, 2.24) is 24.8 Å². The molecule has 0 aliphatic rings. The standard InChI is InChI=1S/C12H19N5/c1-3-5-11(2)12-10-17(15-14-12)9-8-16-7-4-6-13-16/h4,6-7,10-11H,3,5,8-9H2,1-2H3/t11-/m0/s1. The monoisotopic (exact) mass is 233 g/mol. The van der Waals surface area contributed by atoms with Gasteiger partial charge in [-0.3, -0.25) is 9.36 Å². The van der Waals surface area contributed by atoms with Gasteiger partial charge in [-0.15, -0.1) is 5.10 Å². The van der Waals surface area contributed by atoms with Gasteiger partial charge in [-0.05, 0) is 12.5 Å². The summed E-state index contributed by atoms with van der Waals surface area (Å²) in [6.45, 7) is 6.04. The largest absolute Gasteiger partial charge is 0.271 e. The first-order chi connectivity index (χ1) is 8.29. The molecule has 0 spiro atoms. The average molecular weight is 233 g/mol. The third-order valence-corrected chi connectivity index (χ3v) is 2.90. The molecule has 5 heteroatoms. The highest BCUT2D eigenvalue weighted by Gasteiger charge is 2.08. The van der Waals surface area contributed by atoms with Crippen molar-refractivity contribution in [2.45, 2.75) is 45.7 Å². The Hall–Kier alpha value is -1.65. The van der Waals surface area contributed by atoms with E-state index in [0.717, 1.165) is 25.2 Å². The Balaban J connectivity index is 1.89. The molecule has 2 heterocycles. The van der Waals surface area contributed by atoms with Crippen molar-refractivity contribution in [3.05, 3.63) is 30.4 Å². The van der Waals surface area contributed by atoms with E-state index in [1.54, 1.807) is 6.20 Å². The minimum atomic E-state index is 0.499. The fourth-order valence-electron chi connectivity index (χ4n) is 1.87. The van der Waals surface area contributed by atoms with Crippen LogP contribution >= 0.6 is 0 Å². The SMILES string of the molecule is CCC[C@H](C)c1cn(CCn2cccn2)nn1. The van der Waals surface area contributed by atoms with Crippen molar-refractivity contribution >= 4 is 0 Å². The van der Waals surface area contributed by atoms with Crippen LogP contribution < -0.4 is 0 Å². The predicted octanol–water partition coefficient (Wildman–Crippen LogP) is 2.08. The van der Waals surface area contributed by atoms with E-state index in [0.29, 0.717) is 5.92 Å². The zero-order chi connectivity index (χ0) is 12.1. The normalized spacial score (nSPS) is 12.8. The van der Waals surface area contributed by atoms with Gasteiger partial charge in [0.05, 0.1) is 18.8 Å². The lowest BCUT2D eigenvalue weighted by Gasteiger charge is -2.04. The third kappa shape index (κ3) is 3.15. The molecule has 0 aromatic carbocycles. The van der Waals surface area contributed by atoms with E-state index >= 15 is 0 Å². The van der Waals surface area contributed by atoms with Crippen molar-refractivity contribution in [2.75, 3.05) is 0 Å². The van der Waals surface area contributed by atoms with Gasteiger partial charge in [0.25, 0.3) is 0 Å². The minimum Gasteiger partial charge on any atom is -0.271 e. The maximum absolute atomic E-state index is 4.22. The van der Waals surface area contributed by atoms with Crippen LogP contribution in [0, 0.1) is 0 Å². The molecule has 92 valence electrons. The summed E-state index contributed by atoms with van der Waals surface area (Å²) in [5.74, 6) is 0.499. The van der Waals surface area contributed by atoms with Crippen LogP contribution in [0.4, 0.5) is 0 Å². The number of nitrogens with zero attached hydrogens (tertiary/aromatic N) is 5. The quantitative estimate of drug-likeness (QED) is 0.767. The lowest BCUT2D eigenvalue weighted by atomic mass is 10.0. The van der Waals surface area contributed by atoms with E-state index in [1.165, 1.54) is 6.42 Å². The lowest BCUT2D eigenvalue weighted by Crippen LogP contribution is -2.08. The molecule has 2 rings (SSSR count). The molecule has 0 saturated carbocycles. The van der Waals surface area contributed by atoms with Crippen LogP contribution in [0.25, 0.3) is 0 Å². The fraction of sp³-hybridized carbons (Fsp3) is 0.583. The second-order valence-corrected chi connectivity index (χ2v) is 4.37. The van der Waals surface area contributed by atoms with E-state index in [1.807, 2.05) is 27.8 Å². The third-order valence-electron chi connectivity index (χ3n) is 2.90. The number of aromatic nitrogens is 5. The Labute approximate surface area is 101 Å². The molecule has 0 radical (unpaired) electrons. The van der Waals surface area contributed by atoms with Crippen LogP contribution in [-0.4, -0.2) is 24.8 Å². The summed E-state index contributed by atoms with van der Waals surface area (Å²) in [6.07, 6.45) is 8.14. The molecule has 5 nitrogen and oxygen atoms in total. The molecule has 0 aliphatic heterocycles. The summed E-state index contributed by atoms with van der Waals surface area (Å²) in [5, 5.41) is 12.5. The highest BCUT2D eigenvalue weighted by atomic mass is 15.4. The lowest BCUT2D eigenvalue weighted by molar-refractivity contribution is 0.490. The van der Waals surface area contributed by atoms with E-state index in [4.69, 9.17) is 0 Å². The van der Waals surface area contributed by atoms with Gasteiger partial charge in [0.1, 0.15) is 0 Å². The Morgan fingerprint density at radius 3 is 2.82 bits per heavy atom. The van der Waals surface area contributed by atoms with Gasteiger partial charge in [-0.1, -0.05) is 25.5 Å². The molecule has 0 unspecified atom stereocenters. The summed E-state index contributed by atoms with van der Waals surface area (Å²) in [7, 11) is 0. The maximum Gasteiger partial charge on any atom is 0.0855 e. The van der Waals surface area contributed by atoms with E-state index < -0.39 is 0 Å². The molecule has 1 atom stereocenters. The smallest absolute Gasteiger partial charge is 0.0855 e. The van der Waals surface area contributed by atoms with Crippen LogP contribution in [0.1, 0.15) is 38.3 Å². The summed E-state index contributed by atoms with van der Waals surface area (Å²) in [6, 6.07) is 1.93. The van der Waals surface area contributed by atoms with Crippen molar-refractivity contribution < 1.29 is 0 Å². The summed E-state index contributed by atoms with van der Waals surface area (Å²) >= 11 is 0. The van der Waals surface area contributed by atoms with Crippen molar-refractivity contribution in [3.8, 4) is 0 Å². The number of rotatable bonds is 6. The topological polar surface area (TPSA) is 48.5 Å². The van der Waals surface area contributed by atoms with Gasteiger partial charge >= 0.3 is 0 Å². The molecule has 2 aromatic rings. The highest BCUT2D eigenvalue weighted by Crippen LogP contribution is 2.17. The molecule has 17 heavy (non-hydrogen) atoms. The molecular weight excluding hydrogens is 214 g/mol. The number of hydrogen-bond donors (Lipinski definition) is 0. The van der Waals surface area contributed by atoms with E-state index in [9.17, 15) is 0 Å². The Kier molecular flexibility index (Phi) is 3.90. The van der Waals surface area contributed by atoms with E-state index in [-0.39, 0.29) is 0 Å². The minimum absolute atomic E-state index is 0.499. The molecular formula is C12H19N5. The first kappa shape index (κ1) is 11.8. The van der Waals surface area contributed by atoms with Crippen LogP contribution in [0.15, 0.2) is 24.7 Å². The van der Waals surface area contributed by atoms with Crippen LogP contribution in [-0.2, 0) is 13.1 Å². The maximum atomic E-state index is 4.22. The average Bonchev–Trinajstić information content (AvgIpc) is 2.98. The molecule has 0 aliphatic carbocycles. The van der Waals surface area contributed by atoms with Crippen LogP contribution in [0.3, 0.4) is 0 Å². The molecule has 0 bridgehead atoms. The second kappa shape index (κ2) is 5.61. The summed E-state index contributed by atoms with van der Waals surface area (Å²) in [4.78, 5) is 0. The molecule has 2 aromatic heterocycles. The zero-order valence-electron chi connectivity index (χ0n) is 10.5. The Morgan fingerprint density at radius 2 is 2.12 bits per heavy atom. The molecule has 0 fully saturated rings. The van der Waals surface area contributed by atoms with Crippen LogP contribution in [0.5, 0.6) is 0 Å². The van der Waals surface area contributed by atoms with Gasteiger partial charge in [0.2, 0.25) is 0 Å². The van der Waals surface area contributed by atoms with Crippen molar-refractivity contribution in [2.24, 2.45) is 0 Å². The molecule has 0 saturated heterocycles. The summed E-state index contributed by atoms with van der Waals surface area (Å²) < 4.78 is 3.79. The van der Waals surface area contributed by atoms with Gasteiger partial charge in [0, 0.05) is 24.5 Å². The molecule has 0 N–H and O–H groups in total. The van der Waals surface area contributed by atoms with Gasteiger partial charge in [-0.2, -0.15) is 5.10 Å². The zero-order valence-corrected chi connectivity index (χ0v) is 10.5. The highest BCUT2D eigenvalue weighted by molar-refractivity contribution is 4.99. The first-order valence-corrected chi connectivity index (χ1v) is 6.17. The first-order valence-electron chi connectivity index (χ1n) is 6.17. The van der Waals surface area contributed by atoms with Crippen molar-refractivity contribution in [3.63, 3.8) is 0 Å². The molecule has 0 amide bonds. The summed E-state index contributed by atoms with van der Waals surface area (Å²) in [5.41, 5.74) is 1.09. The van der Waals surface area contributed by atoms with Gasteiger partial charge in [-0.25, -0.2) is 0 Å². The van der Waals surface area contributed by atoms with E-state index in [2.05, 4.69) is 29.3 Å². The van der Waals surface area contributed by atoms with Crippen LogP contribution in [0.2, 0.25) is 0 Å². The van der Waals surface area contributed by atoms with Gasteiger partial charge < -0.3 is 0 Å².